The van der Waals surface area contributed by atoms with Crippen LogP contribution in [0.3, 0.4) is 0 Å². The molecule has 0 aromatic heterocycles. The molecule has 0 spiro atoms. The lowest BCUT2D eigenvalue weighted by molar-refractivity contribution is -0.0416. The first kappa shape index (κ1) is 8.97. The zero-order valence-electron chi connectivity index (χ0n) is 7.06. The van der Waals surface area contributed by atoms with E-state index in [-0.39, 0.29) is 5.82 Å². The van der Waals surface area contributed by atoms with Gasteiger partial charge in [-0.2, -0.15) is 0 Å². The first-order chi connectivity index (χ1) is 6.12. The quantitative estimate of drug-likeness (QED) is 0.739. The van der Waals surface area contributed by atoms with Crippen LogP contribution in [0.2, 0.25) is 5.02 Å². The van der Waals surface area contributed by atoms with E-state index in [4.69, 9.17) is 11.6 Å². The van der Waals surface area contributed by atoms with Crippen LogP contribution in [-0.2, 0) is 5.60 Å². The van der Waals surface area contributed by atoms with Gasteiger partial charge in [-0.15, -0.1) is 0 Å². The molecule has 1 aliphatic carbocycles. The van der Waals surface area contributed by atoms with Crippen molar-refractivity contribution < 1.29 is 9.50 Å². The van der Waals surface area contributed by atoms with Crippen LogP contribution in [-0.4, -0.2) is 5.11 Å². The molecule has 0 heterocycles. The fourth-order valence-electron chi connectivity index (χ4n) is 1.64. The molecule has 1 aliphatic rings. The summed E-state index contributed by atoms with van der Waals surface area (Å²) in [5, 5.41) is 10.4. The predicted octanol–water partition coefficient (Wildman–Crippen LogP) is 2.85. The summed E-state index contributed by atoms with van der Waals surface area (Å²) >= 11 is 5.73. The summed E-state index contributed by atoms with van der Waals surface area (Å²) in [6, 6.07) is 4.30. The normalized spacial score (nSPS) is 19.6. The molecular weight excluding hydrogens is 191 g/mol. The molecule has 0 radical (unpaired) electrons. The molecule has 3 heteroatoms. The lowest BCUT2D eigenvalue weighted by Gasteiger charge is -2.37. The summed E-state index contributed by atoms with van der Waals surface area (Å²) in [6.45, 7) is 0. The van der Waals surface area contributed by atoms with Crippen LogP contribution in [0.15, 0.2) is 18.2 Å². The maximum Gasteiger partial charge on any atom is 0.129 e. The van der Waals surface area contributed by atoms with Crippen LogP contribution >= 0.6 is 11.6 Å². The van der Waals surface area contributed by atoms with Gasteiger partial charge in [0.05, 0.1) is 5.60 Å². The van der Waals surface area contributed by atoms with Gasteiger partial charge in [0.25, 0.3) is 0 Å². The summed E-state index contributed by atoms with van der Waals surface area (Å²) in [7, 11) is 0. The van der Waals surface area contributed by atoms with Crippen molar-refractivity contribution in [2.45, 2.75) is 24.9 Å². The van der Waals surface area contributed by atoms with E-state index in [1.807, 2.05) is 0 Å². The summed E-state index contributed by atoms with van der Waals surface area (Å²) in [6.07, 6.45) is 2.21. The second kappa shape index (κ2) is 2.96. The highest BCUT2D eigenvalue weighted by molar-refractivity contribution is 6.30. The second-order valence-electron chi connectivity index (χ2n) is 3.51. The Morgan fingerprint density at radius 1 is 1.38 bits per heavy atom. The summed E-state index contributed by atoms with van der Waals surface area (Å²) in [4.78, 5) is 0. The molecular formula is C10H10ClFO. The van der Waals surface area contributed by atoms with Gasteiger partial charge in [-0.25, -0.2) is 4.39 Å². The average Bonchev–Trinajstić information content (AvgIpc) is 2.05. The third kappa shape index (κ3) is 1.45. The molecule has 1 fully saturated rings. The maximum absolute atomic E-state index is 13.3. The predicted molar refractivity (Wildman–Crippen MR) is 49.2 cm³/mol. The van der Waals surface area contributed by atoms with Crippen LogP contribution in [0, 0.1) is 5.82 Å². The third-order valence-corrected chi connectivity index (χ3v) is 2.85. The highest BCUT2D eigenvalue weighted by Crippen LogP contribution is 2.42. The fourth-order valence-corrected chi connectivity index (χ4v) is 1.81. The van der Waals surface area contributed by atoms with Gasteiger partial charge in [0, 0.05) is 10.6 Å². The van der Waals surface area contributed by atoms with Gasteiger partial charge in [0.1, 0.15) is 5.82 Å². The fraction of sp³-hybridized carbons (Fsp3) is 0.400. The Kier molecular flexibility index (Phi) is 2.05. The van der Waals surface area contributed by atoms with E-state index in [1.54, 1.807) is 0 Å². The molecule has 0 saturated heterocycles. The van der Waals surface area contributed by atoms with Crippen LogP contribution in [0.5, 0.6) is 0 Å². The van der Waals surface area contributed by atoms with E-state index in [9.17, 15) is 9.50 Å². The minimum atomic E-state index is -0.963. The number of benzene rings is 1. The first-order valence-electron chi connectivity index (χ1n) is 4.30. The van der Waals surface area contributed by atoms with E-state index in [0.29, 0.717) is 23.4 Å². The summed E-state index contributed by atoms with van der Waals surface area (Å²) in [5.74, 6) is -0.369. The van der Waals surface area contributed by atoms with Crippen molar-refractivity contribution in [1.29, 1.82) is 0 Å². The molecule has 0 aliphatic heterocycles. The van der Waals surface area contributed by atoms with Crippen LogP contribution in [0.4, 0.5) is 4.39 Å². The number of hydrogen-bond donors (Lipinski definition) is 1. The van der Waals surface area contributed by atoms with E-state index >= 15 is 0 Å². The van der Waals surface area contributed by atoms with E-state index in [2.05, 4.69) is 0 Å². The topological polar surface area (TPSA) is 20.2 Å². The van der Waals surface area contributed by atoms with Gasteiger partial charge in [-0.05, 0) is 37.5 Å². The zero-order chi connectivity index (χ0) is 9.47. The van der Waals surface area contributed by atoms with Crippen molar-refractivity contribution in [2.24, 2.45) is 0 Å². The Labute approximate surface area is 81.1 Å². The van der Waals surface area contributed by atoms with Crippen molar-refractivity contribution in [3.05, 3.63) is 34.6 Å². The van der Waals surface area contributed by atoms with Crippen molar-refractivity contribution >= 4 is 11.6 Å². The van der Waals surface area contributed by atoms with Gasteiger partial charge in [-0.3, -0.25) is 0 Å². The van der Waals surface area contributed by atoms with Gasteiger partial charge < -0.3 is 5.11 Å². The number of aliphatic hydroxyl groups is 1. The lowest BCUT2D eigenvalue weighted by atomic mass is 9.75. The van der Waals surface area contributed by atoms with Crippen LogP contribution < -0.4 is 0 Å². The van der Waals surface area contributed by atoms with Crippen molar-refractivity contribution in [3.63, 3.8) is 0 Å². The molecule has 70 valence electrons. The van der Waals surface area contributed by atoms with Gasteiger partial charge in [0.15, 0.2) is 0 Å². The second-order valence-corrected chi connectivity index (χ2v) is 3.95. The molecule has 13 heavy (non-hydrogen) atoms. The highest BCUT2D eigenvalue weighted by Gasteiger charge is 2.38. The minimum Gasteiger partial charge on any atom is -0.385 e. The van der Waals surface area contributed by atoms with Gasteiger partial charge in [0.2, 0.25) is 0 Å². The Morgan fingerprint density at radius 2 is 2.08 bits per heavy atom. The zero-order valence-corrected chi connectivity index (χ0v) is 7.81. The molecule has 0 atom stereocenters. The first-order valence-corrected chi connectivity index (χ1v) is 4.67. The largest absolute Gasteiger partial charge is 0.385 e. The Hall–Kier alpha value is -0.600. The highest BCUT2D eigenvalue weighted by atomic mass is 35.5. The minimum absolute atomic E-state index is 0.339. The summed E-state index contributed by atoms with van der Waals surface area (Å²) < 4.78 is 13.3. The Morgan fingerprint density at radius 3 is 2.62 bits per heavy atom. The smallest absolute Gasteiger partial charge is 0.129 e. The van der Waals surface area contributed by atoms with Crippen LogP contribution in [0.1, 0.15) is 24.8 Å². The van der Waals surface area contributed by atoms with Gasteiger partial charge >= 0.3 is 0 Å². The van der Waals surface area contributed by atoms with Crippen LogP contribution in [0.25, 0.3) is 0 Å². The number of hydrogen-bond acceptors (Lipinski definition) is 1. The molecule has 1 aromatic rings. The molecule has 1 N–H and O–H groups in total. The monoisotopic (exact) mass is 200 g/mol. The van der Waals surface area contributed by atoms with Crippen molar-refractivity contribution in [1.82, 2.24) is 0 Å². The molecule has 1 saturated carbocycles. The Balaban J connectivity index is 2.43. The SMILES string of the molecule is OC1(c2cc(Cl)ccc2F)CCC1. The molecule has 1 nitrogen and oxygen atoms in total. The summed E-state index contributed by atoms with van der Waals surface area (Å²) in [5.41, 5.74) is -0.624. The molecule has 0 bridgehead atoms. The standard InChI is InChI=1S/C10H10ClFO/c11-7-2-3-9(12)8(6-7)10(13)4-1-5-10/h2-3,6,13H,1,4-5H2. The van der Waals surface area contributed by atoms with Crippen molar-refractivity contribution in [2.75, 3.05) is 0 Å². The lowest BCUT2D eigenvalue weighted by Crippen LogP contribution is -2.34. The van der Waals surface area contributed by atoms with Crippen molar-refractivity contribution in [3.8, 4) is 0 Å². The van der Waals surface area contributed by atoms with Gasteiger partial charge in [-0.1, -0.05) is 11.6 Å². The Bertz CT molecular complexity index is 334. The molecule has 2 rings (SSSR count). The molecule has 0 amide bonds. The third-order valence-electron chi connectivity index (χ3n) is 2.61. The van der Waals surface area contributed by atoms with E-state index in [0.717, 1.165) is 6.42 Å². The van der Waals surface area contributed by atoms with E-state index < -0.39 is 5.60 Å². The molecule has 1 aromatic carbocycles. The number of rotatable bonds is 1. The van der Waals surface area contributed by atoms with E-state index in [1.165, 1.54) is 18.2 Å². The average molecular weight is 201 g/mol. The number of halogens is 2. The molecule has 0 unspecified atom stereocenters. The maximum atomic E-state index is 13.3.